The molecule has 0 saturated carbocycles. The molecule has 1 aromatic carbocycles. The molecule has 1 fully saturated rings. The second-order valence-electron chi connectivity index (χ2n) is 6.99. The van der Waals surface area contributed by atoms with E-state index in [1.54, 1.807) is 42.2 Å². The molecule has 7 nitrogen and oxygen atoms in total. The second-order valence-corrected chi connectivity index (χ2v) is 6.99. The van der Waals surface area contributed by atoms with Crippen molar-refractivity contribution in [3.8, 4) is 0 Å². The van der Waals surface area contributed by atoms with Crippen LogP contribution in [0.25, 0.3) is 0 Å². The van der Waals surface area contributed by atoms with Gasteiger partial charge in [-0.1, -0.05) is 18.2 Å². The van der Waals surface area contributed by atoms with Crippen LogP contribution in [0.1, 0.15) is 28.3 Å². The number of carbonyl (C=O) groups is 2. The van der Waals surface area contributed by atoms with Crippen LogP contribution in [0.3, 0.4) is 0 Å². The van der Waals surface area contributed by atoms with E-state index in [1.165, 1.54) is 0 Å². The van der Waals surface area contributed by atoms with Gasteiger partial charge in [-0.2, -0.15) is 0 Å². The zero-order valence-electron chi connectivity index (χ0n) is 15.2. The van der Waals surface area contributed by atoms with E-state index in [1.807, 2.05) is 6.07 Å². The van der Waals surface area contributed by atoms with Gasteiger partial charge in [0.25, 0.3) is 5.91 Å². The van der Waals surface area contributed by atoms with Crippen LogP contribution in [0.4, 0.5) is 5.69 Å². The van der Waals surface area contributed by atoms with Crippen molar-refractivity contribution in [2.45, 2.75) is 18.9 Å². The first-order chi connectivity index (χ1) is 13.0. The Hall–Kier alpha value is -2.48. The van der Waals surface area contributed by atoms with Crippen LogP contribution in [0, 0.1) is 6.92 Å². The van der Waals surface area contributed by atoms with Crippen molar-refractivity contribution in [3.63, 3.8) is 0 Å². The number of Topliss-reactive ketones (excluding diaryl/α,β-unsaturated/α-hetero) is 1. The number of aryl methyl sites for hydroxylation is 1. The first-order valence-electron chi connectivity index (χ1n) is 9.02. The van der Waals surface area contributed by atoms with Crippen LogP contribution in [-0.4, -0.2) is 54.7 Å². The van der Waals surface area contributed by atoms with Gasteiger partial charge in [0.05, 0.1) is 32.0 Å². The summed E-state index contributed by atoms with van der Waals surface area (Å²) in [5.41, 5.74) is -0.791. The predicted octanol–water partition coefficient (Wildman–Crippen LogP) is 1.68. The minimum Gasteiger partial charge on any atom is -0.458 e. The summed E-state index contributed by atoms with van der Waals surface area (Å²) in [6.07, 6.45) is -0.352. The zero-order chi connectivity index (χ0) is 19.0. The highest BCUT2D eigenvalue weighted by atomic mass is 16.5. The summed E-state index contributed by atoms with van der Waals surface area (Å²) in [6, 6.07) is 10.3. The molecule has 2 aromatic rings. The van der Waals surface area contributed by atoms with Crippen molar-refractivity contribution < 1.29 is 23.8 Å². The summed E-state index contributed by atoms with van der Waals surface area (Å²) in [5, 5.41) is 11.3. The molecule has 142 valence electrons. The number of hydrogen-bond donors (Lipinski definition) is 1. The Kier molecular flexibility index (Phi) is 4.59. The molecule has 1 aromatic heterocycles. The third-order valence-electron chi connectivity index (χ3n) is 5.12. The van der Waals surface area contributed by atoms with Gasteiger partial charge in [0.15, 0.2) is 11.4 Å². The summed E-state index contributed by atoms with van der Waals surface area (Å²) >= 11 is 0. The normalized spacial score (nSPS) is 22.9. The Morgan fingerprint density at radius 2 is 1.93 bits per heavy atom. The first kappa shape index (κ1) is 17.9. The number of ketones is 1. The first-order valence-corrected chi connectivity index (χ1v) is 9.02. The number of para-hydroxylation sites is 1. The van der Waals surface area contributed by atoms with Crippen molar-refractivity contribution >= 4 is 17.4 Å². The number of anilines is 1. The number of benzene rings is 1. The number of rotatable bonds is 5. The van der Waals surface area contributed by atoms with Crippen LogP contribution in [0.2, 0.25) is 0 Å². The molecule has 1 unspecified atom stereocenters. The van der Waals surface area contributed by atoms with Crippen LogP contribution in [0.15, 0.2) is 40.8 Å². The quantitative estimate of drug-likeness (QED) is 0.807. The summed E-state index contributed by atoms with van der Waals surface area (Å²) in [4.78, 5) is 29.4. The Balaban J connectivity index is 1.62. The van der Waals surface area contributed by atoms with Gasteiger partial charge in [-0.05, 0) is 25.1 Å². The number of furan rings is 1. The number of carbonyl (C=O) groups excluding carboxylic acids is 2. The van der Waals surface area contributed by atoms with Gasteiger partial charge < -0.3 is 14.3 Å². The molecule has 0 aliphatic carbocycles. The van der Waals surface area contributed by atoms with Gasteiger partial charge in [-0.3, -0.25) is 19.4 Å². The molecule has 0 spiro atoms. The fourth-order valence-electron chi connectivity index (χ4n) is 3.66. The van der Waals surface area contributed by atoms with Crippen LogP contribution in [-0.2, 0) is 15.1 Å². The standard InChI is InChI=1S/C20H22N2O5/c1-14-6-7-18(27-14)17(23)12-20(25)15-4-2-3-5-16(15)22(19(20)24)13-21-8-10-26-11-9-21/h2-7,25H,8-13H2,1H3. The van der Waals surface area contributed by atoms with E-state index in [0.717, 1.165) is 13.1 Å². The van der Waals surface area contributed by atoms with Crippen LogP contribution in [0.5, 0.6) is 0 Å². The lowest BCUT2D eigenvalue weighted by Crippen LogP contribution is -2.49. The smallest absolute Gasteiger partial charge is 0.265 e. The van der Waals surface area contributed by atoms with Crippen LogP contribution >= 0.6 is 0 Å². The minimum absolute atomic E-state index is 0.151. The molecule has 0 bridgehead atoms. The van der Waals surface area contributed by atoms with Gasteiger partial charge in [0.1, 0.15) is 5.76 Å². The van der Waals surface area contributed by atoms with Crippen molar-refractivity contribution in [3.05, 3.63) is 53.5 Å². The number of hydrogen-bond acceptors (Lipinski definition) is 6. The van der Waals surface area contributed by atoms with Crippen molar-refractivity contribution in [2.75, 3.05) is 37.9 Å². The maximum atomic E-state index is 13.2. The molecule has 3 heterocycles. The SMILES string of the molecule is Cc1ccc(C(=O)CC2(O)C(=O)N(CN3CCOCC3)c3ccccc32)o1. The van der Waals surface area contributed by atoms with E-state index in [4.69, 9.17) is 9.15 Å². The lowest BCUT2D eigenvalue weighted by Gasteiger charge is -2.31. The topological polar surface area (TPSA) is 83.2 Å². The van der Waals surface area contributed by atoms with Crippen molar-refractivity contribution in [1.29, 1.82) is 0 Å². The fraction of sp³-hybridized carbons (Fsp3) is 0.400. The Morgan fingerprint density at radius 3 is 2.63 bits per heavy atom. The van der Waals surface area contributed by atoms with E-state index >= 15 is 0 Å². The monoisotopic (exact) mass is 370 g/mol. The maximum absolute atomic E-state index is 13.2. The summed E-state index contributed by atoms with van der Waals surface area (Å²) in [5.74, 6) is -0.121. The zero-order valence-corrected chi connectivity index (χ0v) is 15.2. The van der Waals surface area contributed by atoms with Gasteiger partial charge >= 0.3 is 0 Å². The lowest BCUT2D eigenvalue weighted by atomic mass is 9.89. The average molecular weight is 370 g/mol. The maximum Gasteiger partial charge on any atom is 0.265 e. The Labute approximate surface area is 157 Å². The molecular weight excluding hydrogens is 348 g/mol. The molecule has 1 N–H and O–H groups in total. The summed E-state index contributed by atoms with van der Waals surface area (Å²) in [7, 11) is 0. The number of ether oxygens (including phenoxy) is 1. The molecule has 0 radical (unpaired) electrons. The molecular formula is C20H22N2O5. The number of aliphatic hydroxyl groups is 1. The molecule has 1 saturated heterocycles. The second kappa shape index (κ2) is 6.92. The van der Waals surface area contributed by atoms with Gasteiger partial charge in [-0.15, -0.1) is 0 Å². The third-order valence-corrected chi connectivity index (χ3v) is 5.12. The average Bonchev–Trinajstić information content (AvgIpc) is 3.20. The number of amides is 1. The molecule has 27 heavy (non-hydrogen) atoms. The third kappa shape index (κ3) is 3.18. The highest BCUT2D eigenvalue weighted by Gasteiger charge is 2.51. The van der Waals surface area contributed by atoms with Gasteiger partial charge in [0.2, 0.25) is 5.78 Å². The van der Waals surface area contributed by atoms with Gasteiger partial charge in [0, 0.05) is 18.7 Å². The largest absolute Gasteiger partial charge is 0.458 e. The minimum atomic E-state index is -1.89. The molecule has 4 rings (SSSR count). The van der Waals surface area contributed by atoms with Crippen molar-refractivity contribution in [1.82, 2.24) is 4.90 Å². The Morgan fingerprint density at radius 1 is 1.19 bits per heavy atom. The summed E-state index contributed by atoms with van der Waals surface area (Å²) in [6.45, 7) is 4.76. The van der Waals surface area contributed by atoms with Crippen molar-refractivity contribution in [2.24, 2.45) is 0 Å². The van der Waals surface area contributed by atoms with E-state index in [9.17, 15) is 14.7 Å². The molecule has 1 amide bonds. The highest BCUT2D eigenvalue weighted by molar-refractivity contribution is 6.10. The summed E-state index contributed by atoms with van der Waals surface area (Å²) < 4.78 is 10.7. The van der Waals surface area contributed by atoms with Gasteiger partial charge in [-0.25, -0.2) is 0 Å². The van der Waals surface area contributed by atoms with E-state index < -0.39 is 17.3 Å². The molecule has 7 heteroatoms. The number of fused-ring (bicyclic) bond motifs is 1. The fourth-order valence-corrected chi connectivity index (χ4v) is 3.66. The molecule has 1 atom stereocenters. The molecule has 2 aliphatic rings. The van der Waals surface area contributed by atoms with E-state index in [-0.39, 0.29) is 12.2 Å². The Bertz CT molecular complexity index is 871. The van der Waals surface area contributed by atoms with E-state index in [2.05, 4.69) is 4.90 Å². The number of nitrogens with zero attached hydrogens (tertiary/aromatic N) is 2. The highest BCUT2D eigenvalue weighted by Crippen LogP contribution is 2.43. The number of morpholine rings is 1. The van der Waals surface area contributed by atoms with E-state index in [0.29, 0.717) is 36.9 Å². The lowest BCUT2D eigenvalue weighted by molar-refractivity contribution is -0.136. The van der Waals surface area contributed by atoms with Crippen LogP contribution < -0.4 is 4.90 Å². The molecule has 2 aliphatic heterocycles. The predicted molar refractivity (Wildman–Crippen MR) is 97.5 cm³/mol.